The highest BCUT2D eigenvalue weighted by Gasteiger charge is 2.35. The van der Waals surface area contributed by atoms with Gasteiger partial charge in [-0.15, -0.1) is 0 Å². The van der Waals surface area contributed by atoms with Gasteiger partial charge in [0.05, 0.1) is 6.61 Å². The second-order valence-corrected chi connectivity index (χ2v) is 6.00. The van der Waals surface area contributed by atoms with Crippen LogP contribution < -0.4 is 0 Å². The van der Waals surface area contributed by atoms with Crippen LogP contribution in [0.4, 0.5) is 9.59 Å². The molecule has 0 aromatic heterocycles. The molecule has 1 aromatic rings. The van der Waals surface area contributed by atoms with Gasteiger partial charge in [-0.1, -0.05) is 30.3 Å². The predicted molar refractivity (Wildman–Crippen MR) is 82.4 cm³/mol. The molecule has 1 aliphatic rings. The van der Waals surface area contributed by atoms with Crippen molar-refractivity contribution in [1.29, 1.82) is 0 Å². The van der Waals surface area contributed by atoms with Crippen molar-refractivity contribution >= 4 is 12.2 Å². The van der Waals surface area contributed by atoms with E-state index < -0.39 is 17.8 Å². The Morgan fingerprint density at radius 1 is 1.18 bits per heavy atom. The molecule has 0 bridgehead atoms. The molecule has 120 valence electrons. The molecule has 0 radical (unpaired) electrons. The molecule has 0 N–H and O–H groups in total. The third-order valence-corrected chi connectivity index (χ3v) is 3.66. The Morgan fingerprint density at radius 3 is 2.36 bits per heavy atom. The molecule has 5 heteroatoms. The Morgan fingerprint density at radius 2 is 1.82 bits per heavy atom. The fraction of sp³-hybridized carbons (Fsp3) is 0.529. The van der Waals surface area contributed by atoms with E-state index in [1.165, 1.54) is 0 Å². The summed E-state index contributed by atoms with van der Waals surface area (Å²) < 4.78 is 10.5. The van der Waals surface area contributed by atoms with Crippen LogP contribution in [0.1, 0.15) is 39.2 Å². The van der Waals surface area contributed by atoms with Gasteiger partial charge in [0.1, 0.15) is 5.60 Å². The third-order valence-electron chi connectivity index (χ3n) is 3.66. The number of hydrogen-bond acceptors (Lipinski definition) is 4. The normalized spacial score (nSPS) is 14.3. The number of hydrogen-bond donors (Lipinski definition) is 0. The molecule has 5 nitrogen and oxygen atoms in total. The standard InChI is InChI=1S/C17H23NO4/c1-4-21-15(19)18(12-13-10-11-13)16(20)22-17(2,3)14-8-6-5-7-9-14/h5-9,13H,4,10-12H2,1-3H3. The Hall–Kier alpha value is -2.04. The summed E-state index contributed by atoms with van der Waals surface area (Å²) in [7, 11) is 0. The van der Waals surface area contributed by atoms with Crippen molar-refractivity contribution < 1.29 is 19.1 Å². The van der Waals surface area contributed by atoms with Crippen molar-refractivity contribution in [3.05, 3.63) is 35.9 Å². The average molecular weight is 305 g/mol. The largest absolute Gasteiger partial charge is 0.449 e. The summed E-state index contributed by atoms with van der Waals surface area (Å²) in [6, 6.07) is 9.46. The SMILES string of the molecule is CCOC(=O)N(CC1CC1)C(=O)OC(C)(C)c1ccccc1. The lowest BCUT2D eigenvalue weighted by Crippen LogP contribution is -2.42. The minimum Gasteiger partial charge on any atom is -0.449 e. The molecular weight excluding hydrogens is 282 g/mol. The van der Waals surface area contributed by atoms with Crippen LogP contribution in [0.2, 0.25) is 0 Å². The topological polar surface area (TPSA) is 55.8 Å². The van der Waals surface area contributed by atoms with Gasteiger partial charge in [0.15, 0.2) is 0 Å². The number of benzene rings is 1. The zero-order chi connectivity index (χ0) is 16.2. The fourth-order valence-electron chi connectivity index (χ4n) is 2.16. The number of carbonyl (C=O) groups is 2. The van der Waals surface area contributed by atoms with Crippen LogP contribution in [-0.2, 0) is 15.1 Å². The Balaban J connectivity index is 2.07. The van der Waals surface area contributed by atoms with E-state index in [4.69, 9.17) is 9.47 Å². The molecule has 0 saturated heterocycles. The van der Waals surface area contributed by atoms with Gasteiger partial charge in [-0.2, -0.15) is 0 Å². The lowest BCUT2D eigenvalue weighted by atomic mass is 9.98. The Bertz CT molecular complexity index is 523. The maximum Gasteiger partial charge on any atom is 0.420 e. The molecule has 1 fully saturated rings. The van der Waals surface area contributed by atoms with Crippen LogP contribution in [0.3, 0.4) is 0 Å². The summed E-state index contributed by atoms with van der Waals surface area (Å²) in [6.07, 6.45) is 0.777. The smallest absolute Gasteiger partial charge is 0.420 e. The van der Waals surface area contributed by atoms with Gasteiger partial charge in [0.2, 0.25) is 0 Å². The molecule has 2 amide bonds. The number of imide groups is 1. The van der Waals surface area contributed by atoms with Crippen LogP contribution >= 0.6 is 0 Å². The molecule has 0 aliphatic heterocycles. The lowest BCUT2D eigenvalue weighted by Gasteiger charge is -2.29. The van der Waals surface area contributed by atoms with E-state index in [1.54, 1.807) is 20.8 Å². The van der Waals surface area contributed by atoms with Gasteiger partial charge in [0.25, 0.3) is 0 Å². The monoisotopic (exact) mass is 305 g/mol. The summed E-state index contributed by atoms with van der Waals surface area (Å²) in [5.74, 6) is 0.372. The summed E-state index contributed by atoms with van der Waals surface area (Å²) in [6.45, 7) is 5.92. The van der Waals surface area contributed by atoms with Gasteiger partial charge in [-0.3, -0.25) is 0 Å². The zero-order valence-electron chi connectivity index (χ0n) is 13.4. The maximum atomic E-state index is 12.4. The van der Waals surface area contributed by atoms with Gasteiger partial charge in [-0.05, 0) is 45.1 Å². The molecule has 1 aliphatic carbocycles. The molecule has 0 heterocycles. The second kappa shape index (κ2) is 6.81. The molecule has 2 rings (SSSR count). The van der Waals surface area contributed by atoms with Gasteiger partial charge >= 0.3 is 12.2 Å². The van der Waals surface area contributed by atoms with Crippen molar-refractivity contribution in [2.75, 3.05) is 13.2 Å². The predicted octanol–water partition coefficient (Wildman–Crippen LogP) is 3.93. The lowest BCUT2D eigenvalue weighted by molar-refractivity contribution is 0.00904. The third kappa shape index (κ3) is 4.23. The quantitative estimate of drug-likeness (QED) is 0.827. The summed E-state index contributed by atoms with van der Waals surface area (Å²) in [5.41, 5.74) is 0.0608. The number of nitrogens with zero attached hydrogens (tertiary/aromatic N) is 1. The van der Waals surface area contributed by atoms with E-state index in [9.17, 15) is 9.59 Å². The highest BCUT2D eigenvalue weighted by atomic mass is 16.6. The minimum absolute atomic E-state index is 0.232. The first-order valence-corrected chi connectivity index (χ1v) is 7.67. The zero-order valence-corrected chi connectivity index (χ0v) is 13.4. The first-order valence-electron chi connectivity index (χ1n) is 7.67. The van der Waals surface area contributed by atoms with E-state index in [1.807, 2.05) is 30.3 Å². The Kier molecular flexibility index (Phi) is 5.06. The number of rotatable bonds is 5. The van der Waals surface area contributed by atoms with Crippen molar-refractivity contribution in [2.45, 2.75) is 39.2 Å². The molecular formula is C17H23NO4. The number of amides is 2. The van der Waals surface area contributed by atoms with Crippen molar-refractivity contribution in [1.82, 2.24) is 4.90 Å². The second-order valence-electron chi connectivity index (χ2n) is 6.00. The van der Waals surface area contributed by atoms with Crippen molar-refractivity contribution in [3.63, 3.8) is 0 Å². The first-order chi connectivity index (χ1) is 10.4. The minimum atomic E-state index is -0.813. The average Bonchev–Trinajstić information content (AvgIpc) is 3.29. The van der Waals surface area contributed by atoms with E-state index >= 15 is 0 Å². The summed E-state index contributed by atoms with van der Waals surface area (Å²) >= 11 is 0. The van der Waals surface area contributed by atoms with Gasteiger partial charge in [0, 0.05) is 6.54 Å². The van der Waals surface area contributed by atoms with E-state index in [2.05, 4.69) is 0 Å². The Labute approximate surface area is 131 Å². The molecule has 1 saturated carbocycles. The van der Waals surface area contributed by atoms with Crippen LogP contribution in [0, 0.1) is 5.92 Å². The number of ether oxygens (including phenoxy) is 2. The van der Waals surface area contributed by atoms with Crippen LogP contribution in [0.15, 0.2) is 30.3 Å². The van der Waals surface area contributed by atoms with E-state index in [0.29, 0.717) is 12.5 Å². The maximum absolute atomic E-state index is 12.4. The first kappa shape index (κ1) is 16.3. The van der Waals surface area contributed by atoms with E-state index in [0.717, 1.165) is 23.3 Å². The van der Waals surface area contributed by atoms with E-state index in [-0.39, 0.29) is 6.61 Å². The molecule has 0 unspecified atom stereocenters. The van der Waals surface area contributed by atoms with Crippen molar-refractivity contribution in [3.8, 4) is 0 Å². The van der Waals surface area contributed by atoms with Crippen LogP contribution in [0.5, 0.6) is 0 Å². The molecule has 1 aromatic carbocycles. The fourth-order valence-corrected chi connectivity index (χ4v) is 2.16. The highest BCUT2D eigenvalue weighted by molar-refractivity contribution is 5.88. The molecule has 0 spiro atoms. The highest BCUT2D eigenvalue weighted by Crippen LogP contribution is 2.31. The van der Waals surface area contributed by atoms with Gasteiger partial charge in [-0.25, -0.2) is 14.5 Å². The number of carbonyl (C=O) groups excluding carboxylic acids is 2. The van der Waals surface area contributed by atoms with Gasteiger partial charge < -0.3 is 9.47 Å². The van der Waals surface area contributed by atoms with Crippen molar-refractivity contribution in [2.24, 2.45) is 5.92 Å². The molecule has 0 atom stereocenters. The summed E-state index contributed by atoms with van der Waals surface area (Å²) in [4.78, 5) is 25.5. The van der Waals surface area contributed by atoms with Crippen LogP contribution in [0.25, 0.3) is 0 Å². The summed E-state index contributed by atoms with van der Waals surface area (Å²) in [5, 5.41) is 0. The van der Waals surface area contributed by atoms with Crippen LogP contribution in [-0.4, -0.2) is 30.2 Å². The molecule has 22 heavy (non-hydrogen) atoms.